The van der Waals surface area contributed by atoms with Crippen molar-refractivity contribution in [2.24, 2.45) is 0 Å². The van der Waals surface area contributed by atoms with Gasteiger partial charge in [-0.25, -0.2) is 0 Å². The number of nitrogens with one attached hydrogen (secondary N) is 2. The number of hydrogen-bond donors (Lipinski definition) is 2. The fourth-order valence-corrected chi connectivity index (χ4v) is 1.47. The Morgan fingerprint density at radius 1 is 1.22 bits per heavy atom. The summed E-state index contributed by atoms with van der Waals surface area (Å²) >= 11 is 0. The molecule has 0 fully saturated rings. The van der Waals surface area contributed by atoms with Gasteiger partial charge >= 0.3 is 0 Å². The molecule has 1 amide bonds. The van der Waals surface area contributed by atoms with Crippen LogP contribution >= 0.6 is 0 Å². The second-order valence-corrected chi connectivity index (χ2v) is 4.47. The lowest BCUT2D eigenvalue weighted by molar-refractivity contribution is -0.121. The van der Waals surface area contributed by atoms with Crippen LogP contribution in [0.15, 0.2) is 0 Å². The zero-order valence-corrected chi connectivity index (χ0v) is 12.1. The molecule has 0 radical (unpaired) electrons. The van der Waals surface area contributed by atoms with Gasteiger partial charge in [0.2, 0.25) is 5.91 Å². The second-order valence-electron chi connectivity index (χ2n) is 4.47. The minimum atomic E-state index is 0.122. The Labute approximate surface area is 111 Å². The molecule has 108 valence electrons. The van der Waals surface area contributed by atoms with Gasteiger partial charge in [-0.1, -0.05) is 6.92 Å². The van der Waals surface area contributed by atoms with E-state index in [1.165, 1.54) is 0 Å². The number of nitrogens with zero attached hydrogens (tertiary/aromatic N) is 1. The van der Waals surface area contributed by atoms with Crippen LogP contribution in [0.3, 0.4) is 0 Å². The third kappa shape index (κ3) is 11.8. The van der Waals surface area contributed by atoms with Crippen LogP contribution in [-0.2, 0) is 9.53 Å². The van der Waals surface area contributed by atoms with Gasteiger partial charge in [0.15, 0.2) is 0 Å². The van der Waals surface area contributed by atoms with Gasteiger partial charge in [0.25, 0.3) is 0 Å². The lowest BCUT2D eigenvalue weighted by Crippen LogP contribution is -2.35. The number of hydrogen-bond acceptors (Lipinski definition) is 4. The molecule has 0 aliphatic rings. The molecule has 0 spiro atoms. The normalized spacial score (nSPS) is 10.9. The Kier molecular flexibility index (Phi) is 12.3. The van der Waals surface area contributed by atoms with Gasteiger partial charge in [0.05, 0.1) is 0 Å². The topological polar surface area (TPSA) is 53.6 Å². The van der Waals surface area contributed by atoms with Gasteiger partial charge in [0, 0.05) is 45.8 Å². The van der Waals surface area contributed by atoms with E-state index >= 15 is 0 Å². The van der Waals surface area contributed by atoms with Crippen molar-refractivity contribution in [1.29, 1.82) is 0 Å². The van der Waals surface area contributed by atoms with Crippen molar-refractivity contribution < 1.29 is 9.53 Å². The van der Waals surface area contributed by atoms with Crippen LogP contribution in [0.1, 0.15) is 26.2 Å². The van der Waals surface area contributed by atoms with Crippen molar-refractivity contribution in [3.63, 3.8) is 0 Å². The monoisotopic (exact) mass is 259 g/mol. The molecule has 5 heteroatoms. The van der Waals surface area contributed by atoms with Crippen LogP contribution in [-0.4, -0.2) is 64.3 Å². The molecule has 0 aromatic rings. The Balaban J connectivity index is 3.31. The van der Waals surface area contributed by atoms with Crippen molar-refractivity contribution in [1.82, 2.24) is 15.5 Å². The lowest BCUT2D eigenvalue weighted by atomic mass is 10.3. The number of carbonyl (C=O) groups excluding carboxylic acids is 1. The van der Waals surface area contributed by atoms with Gasteiger partial charge in [0.1, 0.15) is 0 Å². The summed E-state index contributed by atoms with van der Waals surface area (Å²) in [6.07, 6.45) is 2.40. The summed E-state index contributed by atoms with van der Waals surface area (Å²) in [5.41, 5.74) is 0. The van der Waals surface area contributed by atoms with Crippen molar-refractivity contribution in [2.75, 3.05) is 53.5 Å². The molecule has 0 rings (SSSR count). The first kappa shape index (κ1) is 17.4. The lowest BCUT2D eigenvalue weighted by Gasteiger charge is -2.16. The molecule has 5 nitrogen and oxygen atoms in total. The van der Waals surface area contributed by atoms with E-state index in [1.807, 2.05) is 7.05 Å². The van der Waals surface area contributed by atoms with Crippen LogP contribution in [0.5, 0.6) is 0 Å². The maximum Gasteiger partial charge on any atom is 0.220 e. The highest BCUT2D eigenvalue weighted by Crippen LogP contribution is 1.91. The number of amides is 1. The van der Waals surface area contributed by atoms with Crippen LogP contribution in [0.2, 0.25) is 0 Å². The number of likely N-dealkylation sites (N-methyl/N-ethyl adjacent to an activating group) is 2. The average molecular weight is 259 g/mol. The summed E-state index contributed by atoms with van der Waals surface area (Å²) in [4.78, 5) is 13.7. The molecule has 0 bridgehead atoms. The maximum atomic E-state index is 11.5. The predicted octanol–water partition coefficient (Wildman–Crippen LogP) is 0.461. The van der Waals surface area contributed by atoms with E-state index in [2.05, 4.69) is 29.5 Å². The van der Waals surface area contributed by atoms with Crippen LogP contribution in [0.25, 0.3) is 0 Å². The smallest absolute Gasteiger partial charge is 0.220 e. The second kappa shape index (κ2) is 12.8. The Morgan fingerprint density at radius 2 is 1.94 bits per heavy atom. The third-order valence-corrected chi connectivity index (χ3v) is 2.60. The third-order valence-electron chi connectivity index (χ3n) is 2.60. The molecule has 0 unspecified atom stereocenters. The molecule has 0 saturated carbocycles. The van der Waals surface area contributed by atoms with Crippen LogP contribution in [0, 0.1) is 0 Å². The van der Waals surface area contributed by atoms with Crippen molar-refractivity contribution in [2.45, 2.75) is 26.2 Å². The van der Waals surface area contributed by atoms with E-state index in [9.17, 15) is 4.79 Å². The molecule has 18 heavy (non-hydrogen) atoms. The largest absolute Gasteiger partial charge is 0.381 e. The van der Waals surface area contributed by atoms with Crippen molar-refractivity contribution >= 4 is 5.91 Å². The highest BCUT2D eigenvalue weighted by Gasteiger charge is 2.02. The van der Waals surface area contributed by atoms with E-state index in [-0.39, 0.29) is 5.91 Å². The number of carbonyl (C=O) groups is 1. The Morgan fingerprint density at radius 3 is 2.61 bits per heavy atom. The fourth-order valence-electron chi connectivity index (χ4n) is 1.47. The molecule has 2 N–H and O–H groups in total. The molecular weight excluding hydrogens is 230 g/mol. The van der Waals surface area contributed by atoms with Crippen molar-refractivity contribution in [3.8, 4) is 0 Å². The zero-order valence-electron chi connectivity index (χ0n) is 12.1. The molecule has 0 saturated heterocycles. The first-order chi connectivity index (χ1) is 8.70. The van der Waals surface area contributed by atoms with E-state index in [4.69, 9.17) is 4.74 Å². The van der Waals surface area contributed by atoms with Crippen LogP contribution in [0.4, 0.5) is 0 Å². The molecule has 0 aliphatic heterocycles. The predicted molar refractivity (Wildman–Crippen MR) is 74.8 cm³/mol. The highest BCUT2D eigenvalue weighted by molar-refractivity contribution is 5.75. The summed E-state index contributed by atoms with van der Waals surface area (Å²) in [5.74, 6) is 0.122. The standard InChI is InChI=1S/C13H29N3O2/c1-4-11-18-12-5-6-13(17)15-8-10-16(3)9-7-14-2/h14H,4-12H2,1-3H3,(H,15,17). The zero-order chi connectivity index (χ0) is 13.6. The van der Waals surface area contributed by atoms with E-state index < -0.39 is 0 Å². The molecule has 0 aliphatic carbocycles. The van der Waals surface area contributed by atoms with Gasteiger partial charge in [-0.05, 0) is 26.9 Å². The average Bonchev–Trinajstić information content (AvgIpc) is 2.36. The SMILES string of the molecule is CCCOCCCC(=O)NCCN(C)CCNC. The number of ether oxygens (including phenoxy) is 1. The van der Waals surface area contributed by atoms with Gasteiger partial charge in [-0.3, -0.25) is 4.79 Å². The maximum absolute atomic E-state index is 11.5. The van der Waals surface area contributed by atoms with E-state index in [1.54, 1.807) is 0 Å². The molecule has 0 aromatic carbocycles. The van der Waals surface area contributed by atoms with E-state index in [0.29, 0.717) is 13.0 Å². The van der Waals surface area contributed by atoms with Crippen LogP contribution < -0.4 is 10.6 Å². The summed E-state index contributed by atoms with van der Waals surface area (Å²) < 4.78 is 5.33. The Hall–Kier alpha value is -0.650. The summed E-state index contributed by atoms with van der Waals surface area (Å²) in [5, 5.41) is 6.02. The summed E-state index contributed by atoms with van der Waals surface area (Å²) in [6, 6.07) is 0. The van der Waals surface area contributed by atoms with Gasteiger partial charge in [-0.2, -0.15) is 0 Å². The van der Waals surface area contributed by atoms with E-state index in [0.717, 1.165) is 45.6 Å². The summed E-state index contributed by atoms with van der Waals surface area (Å²) in [6.45, 7) is 7.13. The van der Waals surface area contributed by atoms with Crippen molar-refractivity contribution in [3.05, 3.63) is 0 Å². The Bertz CT molecular complexity index is 201. The highest BCUT2D eigenvalue weighted by atomic mass is 16.5. The fraction of sp³-hybridized carbons (Fsp3) is 0.923. The van der Waals surface area contributed by atoms with Gasteiger partial charge < -0.3 is 20.3 Å². The molecular formula is C13H29N3O2. The molecule has 0 atom stereocenters. The molecule has 0 aromatic heterocycles. The number of rotatable bonds is 12. The molecule has 0 heterocycles. The first-order valence-electron chi connectivity index (χ1n) is 6.88. The van der Waals surface area contributed by atoms with Gasteiger partial charge in [-0.15, -0.1) is 0 Å². The minimum Gasteiger partial charge on any atom is -0.381 e. The first-order valence-corrected chi connectivity index (χ1v) is 6.88. The minimum absolute atomic E-state index is 0.122. The quantitative estimate of drug-likeness (QED) is 0.500. The summed E-state index contributed by atoms with van der Waals surface area (Å²) in [7, 11) is 4.00.